The predicted octanol–water partition coefficient (Wildman–Crippen LogP) is 3.86. The van der Waals surface area contributed by atoms with E-state index in [0.29, 0.717) is 12.1 Å². The molecule has 0 spiro atoms. The van der Waals surface area contributed by atoms with Crippen LogP contribution in [0.2, 0.25) is 0 Å². The maximum atomic E-state index is 5.58. The highest BCUT2D eigenvalue weighted by atomic mass is 16.5. The average Bonchev–Trinajstić information content (AvgIpc) is 3.16. The Bertz CT molecular complexity index is 916. The highest BCUT2D eigenvalue weighted by molar-refractivity contribution is 5.81. The van der Waals surface area contributed by atoms with Crippen LogP contribution in [0.25, 0.3) is 10.9 Å². The van der Waals surface area contributed by atoms with E-state index < -0.39 is 0 Å². The van der Waals surface area contributed by atoms with Gasteiger partial charge in [0.05, 0.1) is 18.7 Å². The van der Waals surface area contributed by atoms with Crippen molar-refractivity contribution in [3.8, 4) is 0 Å². The van der Waals surface area contributed by atoms with Gasteiger partial charge >= 0.3 is 0 Å². The van der Waals surface area contributed by atoms with E-state index >= 15 is 0 Å². The number of aryl methyl sites for hydroxylation is 2. The quantitative estimate of drug-likeness (QED) is 0.611. The van der Waals surface area contributed by atoms with Crippen molar-refractivity contribution < 1.29 is 4.74 Å². The van der Waals surface area contributed by atoms with Crippen LogP contribution in [0.4, 0.5) is 0 Å². The summed E-state index contributed by atoms with van der Waals surface area (Å²) >= 11 is 0. The van der Waals surface area contributed by atoms with Gasteiger partial charge in [0.15, 0.2) is 0 Å². The van der Waals surface area contributed by atoms with Crippen LogP contribution >= 0.6 is 0 Å². The number of para-hydroxylation sites is 1. The number of hydrogen-bond acceptors (Lipinski definition) is 4. The summed E-state index contributed by atoms with van der Waals surface area (Å²) in [6, 6.07) is 18.1. The molecule has 0 radical (unpaired) electrons. The van der Waals surface area contributed by atoms with Crippen molar-refractivity contribution in [1.82, 2.24) is 20.4 Å². The van der Waals surface area contributed by atoms with Gasteiger partial charge in [-0.15, -0.1) is 0 Å². The third-order valence-corrected chi connectivity index (χ3v) is 5.94. The molecule has 0 amide bonds. The van der Waals surface area contributed by atoms with Crippen molar-refractivity contribution >= 4 is 10.9 Å². The van der Waals surface area contributed by atoms with E-state index in [1.54, 1.807) is 0 Å². The van der Waals surface area contributed by atoms with Crippen molar-refractivity contribution in [3.05, 3.63) is 65.4 Å². The van der Waals surface area contributed by atoms with Gasteiger partial charge in [-0.25, -0.2) is 0 Å². The average molecular weight is 393 g/mol. The summed E-state index contributed by atoms with van der Waals surface area (Å²) in [6.07, 6.45) is 2.08. The molecule has 1 aliphatic heterocycles. The van der Waals surface area contributed by atoms with Crippen molar-refractivity contribution in [2.75, 3.05) is 32.8 Å². The minimum Gasteiger partial charge on any atom is -0.379 e. The van der Waals surface area contributed by atoms with Crippen molar-refractivity contribution in [3.63, 3.8) is 0 Å². The number of nitrogens with zero attached hydrogens (tertiary/aromatic N) is 2. The Morgan fingerprint density at radius 3 is 2.79 bits per heavy atom. The third kappa shape index (κ3) is 5.04. The van der Waals surface area contributed by atoms with Gasteiger partial charge < -0.3 is 10.1 Å². The van der Waals surface area contributed by atoms with Gasteiger partial charge in [0, 0.05) is 42.8 Å². The van der Waals surface area contributed by atoms with Crippen molar-refractivity contribution in [2.45, 2.75) is 38.8 Å². The van der Waals surface area contributed by atoms with E-state index in [2.05, 4.69) is 76.7 Å². The molecule has 5 nitrogen and oxygen atoms in total. The monoisotopic (exact) mass is 392 g/mol. The smallest absolute Gasteiger partial charge is 0.0923 e. The lowest BCUT2D eigenvalue weighted by molar-refractivity contribution is 0.0157. The molecule has 29 heavy (non-hydrogen) atoms. The fraction of sp³-hybridized carbons (Fsp3) is 0.458. The van der Waals surface area contributed by atoms with E-state index in [4.69, 9.17) is 4.74 Å². The first kappa shape index (κ1) is 20.1. The first-order chi connectivity index (χ1) is 14.2. The highest BCUT2D eigenvalue weighted by Gasteiger charge is 2.23. The molecule has 5 heteroatoms. The van der Waals surface area contributed by atoms with Crippen LogP contribution in [0.1, 0.15) is 36.2 Å². The molecule has 0 bridgehead atoms. The normalized spacial score (nSPS) is 17.4. The minimum absolute atomic E-state index is 0.384. The largest absolute Gasteiger partial charge is 0.379 e. The number of H-pyrrole nitrogens is 1. The van der Waals surface area contributed by atoms with Crippen LogP contribution in [-0.4, -0.2) is 54.0 Å². The van der Waals surface area contributed by atoms with E-state index in [9.17, 15) is 0 Å². The van der Waals surface area contributed by atoms with Gasteiger partial charge in [0.1, 0.15) is 0 Å². The number of nitrogens with one attached hydrogen (secondary N) is 2. The zero-order valence-electron chi connectivity index (χ0n) is 17.5. The summed E-state index contributed by atoms with van der Waals surface area (Å²) in [7, 11) is 0. The third-order valence-electron chi connectivity index (χ3n) is 5.94. The van der Waals surface area contributed by atoms with Crippen LogP contribution in [-0.2, 0) is 11.2 Å². The van der Waals surface area contributed by atoms with Crippen LogP contribution in [0.3, 0.4) is 0 Å². The number of rotatable bonds is 8. The Morgan fingerprint density at radius 1 is 1.14 bits per heavy atom. The number of aromatic amines is 1. The van der Waals surface area contributed by atoms with Gasteiger partial charge in [-0.2, -0.15) is 5.10 Å². The molecular formula is C24H32N4O. The fourth-order valence-electron chi connectivity index (χ4n) is 4.20. The summed E-state index contributed by atoms with van der Waals surface area (Å²) in [6.45, 7) is 9.04. The summed E-state index contributed by atoms with van der Waals surface area (Å²) < 4.78 is 5.58. The molecule has 3 aromatic rings. The standard InChI is InChI=1S/C24H32N4O/c1-18-6-5-7-20(16-18)24(28-12-14-29-15-13-28)17-25-19(2)10-11-23-21-8-3-4-9-22(21)26-27-23/h3-9,16,19,24-25H,10-15,17H2,1-2H3,(H,26,27)/t19-,24+/m1/s1. The van der Waals surface area contributed by atoms with Gasteiger partial charge in [0.2, 0.25) is 0 Å². The number of ether oxygens (including phenoxy) is 1. The second kappa shape index (κ2) is 9.53. The molecular weight excluding hydrogens is 360 g/mol. The SMILES string of the molecule is Cc1cccc([C@H](CN[C@H](C)CCc2[nH]nc3ccccc23)N2CCOCC2)c1. The molecule has 0 aliphatic carbocycles. The van der Waals surface area contributed by atoms with E-state index in [1.807, 2.05) is 6.07 Å². The molecule has 0 saturated carbocycles. The van der Waals surface area contributed by atoms with Crippen LogP contribution < -0.4 is 5.32 Å². The Balaban J connectivity index is 1.37. The molecule has 2 atom stereocenters. The molecule has 154 valence electrons. The second-order valence-electron chi connectivity index (χ2n) is 8.15. The van der Waals surface area contributed by atoms with E-state index in [-0.39, 0.29) is 0 Å². The Kier molecular flexibility index (Phi) is 6.60. The van der Waals surface area contributed by atoms with Crippen molar-refractivity contribution in [2.24, 2.45) is 0 Å². The number of benzene rings is 2. The maximum Gasteiger partial charge on any atom is 0.0923 e. The van der Waals surface area contributed by atoms with Crippen LogP contribution in [0.15, 0.2) is 48.5 Å². The zero-order valence-corrected chi connectivity index (χ0v) is 17.5. The molecule has 1 aromatic heterocycles. The van der Waals surface area contributed by atoms with E-state index in [1.165, 1.54) is 22.2 Å². The lowest BCUT2D eigenvalue weighted by Crippen LogP contribution is -2.44. The molecule has 1 fully saturated rings. The minimum atomic E-state index is 0.384. The second-order valence-corrected chi connectivity index (χ2v) is 8.15. The van der Waals surface area contributed by atoms with Gasteiger partial charge in [-0.1, -0.05) is 48.0 Å². The predicted molar refractivity (Wildman–Crippen MR) is 118 cm³/mol. The molecule has 2 N–H and O–H groups in total. The molecule has 2 heterocycles. The van der Waals surface area contributed by atoms with Gasteiger partial charge in [-0.05, 0) is 38.3 Å². The lowest BCUT2D eigenvalue weighted by atomic mass is 10.0. The number of hydrogen-bond donors (Lipinski definition) is 2. The highest BCUT2D eigenvalue weighted by Crippen LogP contribution is 2.23. The lowest BCUT2D eigenvalue weighted by Gasteiger charge is -2.35. The Labute approximate surface area is 173 Å². The Hall–Kier alpha value is -2.21. The molecule has 4 rings (SSSR count). The summed E-state index contributed by atoms with van der Waals surface area (Å²) in [5, 5.41) is 12.7. The first-order valence-electron chi connectivity index (χ1n) is 10.7. The van der Waals surface area contributed by atoms with Gasteiger partial charge in [-0.3, -0.25) is 10.00 Å². The molecule has 1 saturated heterocycles. The summed E-state index contributed by atoms with van der Waals surface area (Å²) in [5.41, 5.74) is 5.00. The Morgan fingerprint density at radius 2 is 1.97 bits per heavy atom. The number of morpholine rings is 1. The first-order valence-corrected chi connectivity index (χ1v) is 10.7. The van der Waals surface area contributed by atoms with Crippen LogP contribution in [0, 0.1) is 6.92 Å². The van der Waals surface area contributed by atoms with E-state index in [0.717, 1.165) is 51.2 Å². The van der Waals surface area contributed by atoms with Crippen molar-refractivity contribution in [1.29, 1.82) is 0 Å². The number of fused-ring (bicyclic) bond motifs is 1. The summed E-state index contributed by atoms with van der Waals surface area (Å²) in [5.74, 6) is 0. The topological polar surface area (TPSA) is 53.2 Å². The molecule has 0 unspecified atom stereocenters. The maximum absolute atomic E-state index is 5.58. The van der Waals surface area contributed by atoms with Crippen LogP contribution in [0.5, 0.6) is 0 Å². The molecule has 2 aromatic carbocycles. The number of aromatic nitrogens is 2. The fourth-order valence-corrected chi connectivity index (χ4v) is 4.20. The summed E-state index contributed by atoms with van der Waals surface area (Å²) in [4.78, 5) is 2.56. The zero-order chi connectivity index (χ0) is 20.1. The molecule has 1 aliphatic rings. The van der Waals surface area contributed by atoms with Gasteiger partial charge in [0.25, 0.3) is 0 Å².